The van der Waals surface area contributed by atoms with Crippen molar-refractivity contribution >= 4 is 17.5 Å². The lowest BCUT2D eigenvalue weighted by Crippen LogP contribution is -2.29. The highest BCUT2D eigenvalue weighted by molar-refractivity contribution is 6.09. The van der Waals surface area contributed by atoms with Gasteiger partial charge in [-0.3, -0.25) is 4.79 Å². The van der Waals surface area contributed by atoms with Gasteiger partial charge in [0, 0.05) is 12.2 Å². The topological polar surface area (TPSA) is 72.4 Å². The lowest BCUT2D eigenvalue weighted by Gasteiger charge is -2.16. The van der Waals surface area contributed by atoms with E-state index in [1.54, 1.807) is 4.90 Å². The molecule has 0 saturated heterocycles. The molecule has 1 aliphatic rings. The maximum Gasteiger partial charge on any atom is 0.265 e. The Morgan fingerprint density at radius 1 is 1.41 bits per heavy atom. The molecule has 86 valence electrons. The van der Waals surface area contributed by atoms with Crippen LogP contribution in [0, 0.1) is 0 Å². The van der Waals surface area contributed by atoms with Gasteiger partial charge in [0.05, 0.1) is 6.20 Å². The van der Waals surface area contributed by atoms with Gasteiger partial charge in [-0.15, -0.1) is 0 Å². The fourth-order valence-electron chi connectivity index (χ4n) is 2.10. The number of aromatic nitrogens is 1. The molecule has 0 atom stereocenters. The zero-order valence-electron chi connectivity index (χ0n) is 9.09. The van der Waals surface area contributed by atoms with E-state index in [1.807, 2.05) is 24.3 Å². The van der Waals surface area contributed by atoms with Crippen molar-refractivity contribution in [2.24, 2.45) is 0 Å². The molecule has 0 fully saturated rings. The monoisotopic (exact) mass is 229 g/mol. The van der Waals surface area contributed by atoms with Crippen LogP contribution < -0.4 is 10.6 Å². The number of anilines is 2. The highest BCUT2D eigenvalue weighted by atomic mass is 16.5. The Bertz CT molecular complexity index is 577. The Labute approximate surface area is 97.8 Å². The summed E-state index contributed by atoms with van der Waals surface area (Å²) in [4.78, 5) is 13.9. The number of nitrogen functional groups attached to an aromatic ring is 1. The van der Waals surface area contributed by atoms with Gasteiger partial charge in [-0.2, -0.15) is 0 Å². The van der Waals surface area contributed by atoms with Crippen molar-refractivity contribution in [2.75, 3.05) is 17.2 Å². The molecule has 0 unspecified atom stereocenters. The molecule has 2 aromatic rings. The highest BCUT2D eigenvalue weighted by Gasteiger charge is 2.27. The number of amides is 1. The molecule has 0 saturated carbocycles. The van der Waals surface area contributed by atoms with Crippen LogP contribution in [0.1, 0.15) is 15.9 Å². The van der Waals surface area contributed by atoms with Gasteiger partial charge in [0.25, 0.3) is 5.91 Å². The van der Waals surface area contributed by atoms with Crippen molar-refractivity contribution in [3.05, 3.63) is 41.6 Å². The van der Waals surface area contributed by atoms with Crippen LogP contribution >= 0.6 is 0 Å². The zero-order valence-corrected chi connectivity index (χ0v) is 9.09. The Hall–Kier alpha value is -2.30. The average molecular weight is 229 g/mol. The molecular formula is C12H11N3O2. The van der Waals surface area contributed by atoms with Gasteiger partial charge in [-0.25, -0.2) is 0 Å². The molecule has 0 bridgehead atoms. The van der Waals surface area contributed by atoms with Gasteiger partial charge < -0.3 is 15.2 Å². The summed E-state index contributed by atoms with van der Waals surface area (Å²) in [5, 5.41) is 3.52. The second-order valence-electron chi connectivity index (χ2n) is 3.94. The minimum absolute atomic E-state index is 0.0689. The zero-order chi connectivity index (χ0) is 11.8. The first-order valence-electron chi connectivity index (χ1n) is 5.37. The van der Waals surface area contributed by atoms with Crippen LogP contribution in [-0.2, 0) is 6.42 Å². The van der Waals surface area contributed by atoms with Crippen molar-refractivity contribution in [3.8, 4) is 0 Å². The third-order valence-corrected chi connectivity index (χ3v) is 2.96. The van der Waals surface area contributed by atoms with Crippen LogP contribution in [-0.4, -0.2) is 17.6 Å². The Kier molecular flexibility index (Phi) is 2.11. The number of hydrogen-bond donors (Lipinski definition) is 1. The lowest BCUT2D eigenvalue weighted by molar-refractivity contribution is 0.0990. The summed E-state index contributed by atoms with van der Waals surface area (Å²) < 4.78 is 4.71. The number of carbonyl (C=O) groups is 1. The molecule has 17 heavy (non-hydrogen) atoms. The molecule has 0 radical (unpaired) electrons. The quantitative estimate of drug-likeness (QED) is 0.803. The number of hydrogen-bond acceptors (Lipinski definition) is 4. The molecule has 1 aliphatic heterocycles. The van der Waals surface area contributed by atoms with Gasteiger partial charge >= 0.3 is 0 Å². The second kappa shape index (κ2) is 3.62. The average Bonchev–Trinajstić information content (AvgIpc) is 2.94. The fraction of sp³-hybridized carbons (Fsp3) is 0.167. The molecule has 5 heteroatoms. The van der Waals surface area contributed by atoms with Gasteiger partial charge in [0.15, 0.2) is 0 Å². The predicted molar refractivity (Wildman–Crippen MR) is 62.7 cm³/mol. The largest absolute Gasteiger partial charge is 0.367 e. The molecule has 2 N–H and O–H groups in total. The summed E-state index contributed by atoms with van der Waals surface area (Å²) in [6, 6.07) is 7.85. The van der Waals surface area contributed by atoms with E-state index >= 15 is 0 Å². The van der Waals surface area contributed by atoms with E-state index in [9.17, 15) is 4.79 Å². The SMILES string of the molecule is Nc1oncc1C(=O)N1CCc2ccccc21. The van der Waals surface area contributed by atoms with Crippen LogP contribution in [0.3, 0.4) is 0 Å². The number of fused-ring (bicyclic) bond motifs is 1. The van der Waals surface area contributed by atoms with E-state index in [-0.39, 0.29) is 11.8 Å². The normalized spacial score (nSPS) is 13.8. The maximum absolute atomic E-state index is 12.2. The molecule has 1 aromatic heterocycles. The summed E-state index contributed by atoms with van der Waals surface area (Å²) >= 11 is 0. The molecule has 0 spiro atoms. The third-order valence-electron chi connectivity index (χ3n) is 2.96. The number of carbonyl (C=O) groups excluding carboxylic acids is 1. The van der Waals surface area contributed by atoms with Crippen molar-refractivity contribution in [1.29, 1.82) is 0 Å². The van der Waals surface area contributed by atoms with Crippen LogP contribution in [0.5, 0.6) is 0 Å². The van der Waals surface area contributed by atoms with Crippen LogP contribution in [0.4, 0.5) is 11.6 Å². The minimum atomic E-state index is -0.159. The van der Waals surface area contributed by atoms with Crippen molar-refractivity contribution < 1.29 is 9.32 Å². The van der Waals surface area contributed by atoms with Crippen molar-refractivity contribution in [2.45, 2.75) is 6.42 Å². The van der Waals surface area contributed by atoms with Gasteiger partial charge in [0.1, 0.15) is 5.56 Å². The number of rotatable bonds is 1. The van der Waals surface area contributed by atoms with E-state index in [4.69, 9.17) is 10.3 Å². The van der Waals surface area contributed by atoms with Gasteiger partial charge in [-0.05, 0) is 18.1 Å². The Balaban J connectivity index is 1.98. The Morgan fingerprint density at radius 2 is 2.24 bits per heavy atom. The van der Waals surface area contributed by atoms with Gasteiger partial charge in [-0.1, -0.05) is 23.4 Å². The first-order chi connectivity index (χ1) is 8.27. The first kappa shape index (κ1) is 9.89. The van der Waals surface area contributed by atoms with Gasteiger partial charge in [0.2, 0.25) is 5.88 Å². The molecule has 1 amide bonds. The Morgan fingerprint density at radius 3 is 3.00 bits per heavy atom. The van der Waals surface area contributed by atoms with Crippen LogP contribution in [0.25, 0.3) is 0 Å². The number of nitrogens with two attached hydrogens (primary N) is 1. The number of nitrogens with zero attached hydrogens (tertiary/aromatic N) is 2. The maximum atomic E-state index is 12.2. The van der Waals surface area contributed by atoms with E-state index < -0.39 is 0 Å². The molecule has 5 nitrogen and oxygen atoms in total. The summed E-state index contributed by atoms with van der Waals surface area (Å²) in [6.45, 7) is 0.669. The summed E-state index contributed by atoms with van der Waals surface area (Å²) in [5.74, 6) is -0.0897. The fourth-order valence-corrected chi connectivity index (χ4v) is 2.10. The number of benzene rings is 1. The van der Waals surface area contributed by atoms with Crippen LogP contribution in [0.2, 0.25) is 0 Å². The van der Waals surface area contributed by atoms with E-state index in [0.717, 1.165) is 12.1 Å². The van der Waals surface area contributed by atoms with Crippen molar-refractivity contribution in [3.63, 3.8) is 0 Å². The highest BCUT2D eigenvalue weighted by Crippen LogP contribution is 2.29. The van der Waals surface area contributed by atoms with Crippen molar-refractivity contribution in [1.82, 2.24) is 5.16 Å². The molecule has 0 aliphatic carbocycles. The minimum Gasteiger partial charge on any atom is -0.367 e. The summed E-state index contributed by atoms with van der Waals surface area (Å²) in [6.07, 6.45) is 2.23. The third kappa shape index (κ3) is 1.47. The van der Waals surface area contributed by atoms with E-state index in [2.05, 4.69) is 5.16 Å². The molecular weight excluding hydrogens is 218 g/mol. The number of para-hydroxylation sites is 1. The lowest BCUT2D eigenvalue weighted by atomic mass is 10.2. The smallest absolute Gasteiger partial charge is 0.265 e. The summed E-state index contributed by atoms with van der Waals surface area (Å²) in [5.41, 5.74) is 7.99. The van der Waals surface area contributed by atoms with E-state index in [1.165, 1.54) is 11.8 Å². The molecule has 2 heterocycles. The summed E-state index contributed by atoms with van der Waals surface area (Å²) in [7, 11) is 0. The first-order valence-corrected chi connectivity index (χ1v) is 5.37. The van der Waals surface area contributed by atoms with E-state index in [0.29, 0.717) is 12.1 Å². The molecule has 1 aromatic carbocycles. The predicted octanol–water partition coefficient (Wildman–Crippen LogP) is 1.46. The second-order valence-corrected chi connectivity index (χ2v) is 3.94. The molecule has 3 rings (SSSR count). The standard InChI is InChI=1S/C12H11N3O2/c13-11-9(7-14-17-11)12(16)15-6-5-8-3-1-2-4-10(8)15/h1-4,7H,5-6,13H2. The van der Waals surface area contributed by atoms with Crippen LogP contribution in [0.15, 0.2) is 35.0 Å².